The Morgan fingerprint density at radius 2 is 2.06 bits per heavy atom. The Morgan fingerprint density at radius 3 is 2.59 bits per heavy atom. The maximum atomic E-state index is 11.7. The molecule has 0 heterocycles. The lowest BCUT2D eigenvalue weighted by molar-refractivity contribution is -0.308. The maximum absolute atomic E-state index is 11.7. The number of ether oxygens (including phenoxy) is 1. The van der Waals surface area contributed by atoms with Gasteiger partial charge in [-0.1, -0.05) is 13.8 Å². The van der Waals surface area contributed by atoms with Gasteiger partial charge in [0, 0.05) is 12.1 Å². The summed E-state index contributed by atoms with van der Waals surface area (Å²) in [6.45, 7) is 3.37. The molecule has 0 spiro atoms. The van der Waals surface area contributed by atoms with E-state index in [1.807, 2.05) is 6.92 Å². The molecule has 1 rings (SSSR count). The summed E-state index contributed by atoms with van der Waals surface area (Å²) < 4.78 is 4.59. The first-order valence-corrected chi connectivity index (χ1v) is 5.46. The molecule has 0 atom stereocenters. The van der Waals surface area contributed by atoms with Gasteiger partial charge >= 0.3 is 11.9 Å². The summed E-state index contributed by atoms with van der Waals surface area (Å²) in [5.41, 5.74) is 7.16. The summed E-state index contributed by atoms with van der Waals surface area (Å²) in [7, 11) is 0. The number of carbonyl (C=O) groups excluding carboxylic acids is 1. The highest BCUT2D eigenvalue weighted by Gasteiger charge is 2.27. The Balaban J connectivity index is 2.96. The van der Waals surface area contributed by atoms with Crippen LogP contribution in [0.25, 0.3) is 0 Å². The van der Waals surface area contributed by atoms with Crippen molar-refractivity contribution in [3.8, 4) is 0 Å². The predicted octanol–water partition coefficient (Wildman–Crippen LogP) is 1.04. The van der Waals surface area contributed by atoms with Gasteiger partial charge in [0.25, 0.3) is 0 Å². The van der Waals surface area contributed by atoms with E-state index < -0.39 is 11.9 Å². The number of nitrogen functional groups attached to an aromatic ring is 1. The van der Waals surface area contributed by atoms with Crippen LogP contribution in [0.2, 0.25) is 0 Å². The fraction of sp³-hybridized carbons (Fsp3) is 0.417. The molecule has 0 aliphatic carbocycles. The van der Waals surface area contributed by atoms with Crippen molar-refractivity contribution in [2.45, 2.75) is 32.7 Å². The smallest absolute Gasteiger partial charge is 0.342 e. The van der Waals surface area contributed by atoms with Crippen molar-refractivity contribution in [1.29, 1.82) is 0 Å². The van der Waals surface area contributed by atoms with Gasteiger partial charge in [0.05, 0.1) is 5.56 Å². The Kier molecular flexibility index (Phi) is 4.09. The van der Waals surface area contributed by atoms with E-state index in [1.165, 1.54) is 13.0 Å². The van der Waals surface area contributed by atoms with Crippen LogP contribution in [0.4, 0.5) is 5.69 Å². The Bertz CT molecular complexity index is 415. The van der Waals surface area contributed by atoms with Gasteiger partial charge < -0.3 is 20.7 Å². The number of benzene rings is 1. The molecule has 5 nitrogen and oxygen atoms in total. The average molecular weight is 239 g/mol. The second-order valence-corrected chi connectivity index (χ2v) is 3.76. The van der Waals surface area contributed by atoms with Crippen molar-refractivity contribution in [1.82, 2.24) is 0 Å². The maximum Gasteiger partial charge on any atom is 0.342 e. The molecule has 5 heteroatoms. The first kappa shape index (κ1) is 13.5. The van der Waals surface area contributed by atoms with E-state index in [0.29, 0.717) is 23.2 Å². The molecule has 94 valence electrons. The molecule has 0 aliphatic rings. The minimum absolute atomic E-state index is 0.102. The molecule has 0 saturated carbocycles. The van der Waals surface area contributed by atoms with Crippen LogP contribution >= 0.6 is 0 Å². The van der Waals surface area contributed by atoms with Gasteiger partial charge in [-0.15, -0.1) is 0 Å². The molecule has 1 aromatic rings. The van der Waals surface area contributed by atoms with E-state index in [1.54, 1.807) is 12.1 Å². The number of hydrogen-bond acceptors (Lipinski definition) is 5. The molecule has 4 N–H and O–H groups in total. The minimum atomic E-state index is -2.43. The van der Waals surface area contributed by atoms with Gasteiger partial charge in [0.15, 0.2) is 0 Å². The molecule has 1 aromatic carbocycles. The molecule has 0 radical (unpaired) electrons. The second kappa shape index (κ2) is 5.16. The van der Waals surface area contributed by atoms with Crippen molar-refractivity contribution >= 4 is 11.7 Å². The van der Waals surface area contributed by atoms with Crippen LogP contribution in [0.15, 0.2) is 18.2 Å². The van der Waals surface area contributed by atoms with Crippen LogP contribution in [0.5, 0.6) is 0 Å². The van der Waals surface area contributed by atoms with Gasteiger partial charge in [0.2, 0.25) is 0 Å². The number of aryl methyl sites for hydroxylation is 1. The lowest BCUT2D eigenvalue weighted by atomic mass is 10.0. The molecule has 0 amide bonds. The lowest BCUT2D eigenvalue weighted by Crippen LogP contribution is -2.33. The van der Waals surface area contributed by atoms with Gasteiger partial charge in [-0.3, -0.25) is 0 Å². The van der Waals surface area contributed by atoms with Gasteiger partial charge in [-0.05, 0) is 30.2 Å². The molecular weight excluding hydrogens is 222 g/mol. The highest BCUT2D eigenvalue weighted by molar-refractivity contribution is 5.91. The van der Waals surface area contributed by atoms with Crippen LogP contribution in [0, 0.1) is 0 Å². The molecule has 0 unspecified atom stereocenters. The zero-order chi connectivity index (χ0) is 13.1. The molecular formula is C12H17NO4. The molecule has 0 bridgehead atoms. The number of hydrogen-bond donors (Lipinski definition) is 3. The highest BCUT2D eigenvalue weighted by atomic mass is 16.8. The number of rotatable bonds is 4. The highest BCUT2D eigenvalue weighted by Crippen LogP contribution is 2.18. The van der Waals surface area contributed by atoms with Crippen molar-refractivity contribution in [3.63, 3.8) is 0 Å². The molecule has 0 fully saturated rings. The zero-order valence-corrected chi connectivity index (χ0v) is 9.93. The van der Waals surface area contributed by atoms with Gasteiger partial charge in [-0.25, -0.2) is 4.79 Å². The third-order valence-electron chi connectivity index (χ3n) is 2.45. The first-order valence-electron chi connectivity index (χ1n) is 5.46. The van der Waals surface area contributed by atoms with Crippen molar-refractivity contribution in [2.75, 3.05) is 5.73 Å². The summed E-state index contributed by atoms with van der Waals surface area (Å²) >= 11 is 0. The summed E-state index contributed by atoms with van der Waals surface area (Å²) in [5, 5.41) is 18.5. The van der Waals surface area contributed by atoms with Crippen LogP contribution in [0.1, 0.15) is 36.2 Å². The quantitative estimate of drug-likeness (QED) is 0.414. The average Bonchev–Trinajstić information content (AvgIpc) is 2.28. The second-order valence-electron chi connectivity index (χ2n) is 3.76. The molecule has 17 heavy (non-hydrogen) atoms. The monoisotopic (exact) mass is 239 g/mol. The van der Waals surface area contributed by atoms with E-state index in [4.69, 9.17) is 5.73 Å². The third kappa shape index (κ3) is 3.44. The number of aliphatic hydroxyl groups is 2. The van der Waals surface area contributed by atoms with Gasteiger partial charge in [-0.2, -0.15) is 0 Å². The summed E-state index contributed by atoms with van der Waals surface area (Å²) in [6.07, 6.45) is 0.501. The SMILES string of the molecule is CCc1cc(N)ccc1C(=O)OC(O)(O)CC. The number of esters is 1. The largest absolute Gasteiger partial charge is 0.404 e. The van der Waals surface area contributed by atoms with Crippen LogP contribution in [-0.4, -0.2) is 22.2 Å². The number of carbonyl (C=O) groups is 1. The minimum Gasteiger partial charge on any atom is -0.404 e. The van der Waals surface area contributed by atoms with Crippen LogP contribution < -0.4 is 5.73 Å². The van der Waals surface area contributed by atoms with E-state index >= 15 is 0 Å². The fourth-order valence-electron chi connectivity index (χ4n) is 1.38. The fourth-order valence-corrected chi connectivity index (χ4v) is 1.38. The van der Waals surface area contributed by atoms with Gasteiger partial charge in [0.1, 0.15) is 0 Å². The Hall–Kier alpha value is -1.59. The van der Waals surface area contributed by atoms with Crippen LogP contribution in [0.3, 0.4) is 0 Å². The van der Waals surface area contributed by atoms with E-state index in [2.05, 4.69) is 4.74 Å². The summed E-state index contributed by atoms with van der Waals surface area (Å²) in [5.74, 6) is -3.20. The normalized spacial score (nSPS) is 11.3. The first-order chi connectivity index (χ1) is 7.89. The van der Waals surface area contributed by atoms with Crippen molar-refractivity contribution in [2.24, 2.45) is 0 Å². The van der Waals surface area contributed by atoms with Crippen molar-refractivity contribution in [3.05, 3.63) is 29.3 Å². The summed E-state index contributed by atoms with van der Waals surface area (Å²) in [6, 6.07) is 4.75. The molecule has 0 aromatic heterocycles. The standard InChI is InChI=1S/C12H17NO4/c1-3-8-7-9(13)5-6-10(8)11(14)17-12(15,16)4-2/h5-7,15-16H,3-4,13H2,1-2H3. The third-order valence-corrected chi connectivity index (χ3v) is 2.45. The van der Waals surface area contributed by atoms with Crippen LogP contribution in [-0.2, 0) is 11.2 Å². The lowest BCUT2D eigenvalue weighted by Gasteiger charge is -2.20. The Morgan fingerprint density at radius 1 is 1.41 bits per heavy atom. The topological polar surface area (TPSA) is 92.8 Å². The molecule has 0 saturated heterocycles. The summed E-state index contributed by atoms with van der Waals surface area (Å²) in [4.78, 5) is 11.7. The Labute approximate surface area is 99.8 Å². The van der Waals surface area contributed by atoms with E-state index in [9.17, 15) is 15.0 Å². The zero-order valence-electron chi connectivity index (χ0n) is 9.93. The number of anilines is 1. The van der Waals surface area contributed by atoms with E-state index in [0.717, 1.165) is 0 Å². The van der Waals surface area contributed by atoms with Crippen molar-refractivity contribution < 1.29 is 19.7 Å². The van der Waals surface area contributed by atoms with E-state index in [-0.39, 0.29) is 6.42 Å². The predicted molar refractivity (Wildman–Crippen MR) is 63.1 cm³/mol. The molecule has 0 aliphatic heterocycles. The number of nitrogens with two attached hydrogens (primary N) is 1.